The number of hydrogen-bond donors (Lipinski definition) is 0. The van der Waals surface area contributed by atoms with E-state index in [2.05, 4.69) is 18.2 Å². The van der Waals surface area contributed by atoms with E-state index >= 15 is 0 Å². The van der Waals surface area contributed by atoms with Crippen LogP contribution >= 0.6 is 0 Å². The SMILES string of the molecule is C=C(F)/N=C(/C)C(=C)F. The summed E-state index contributed by atoms with van der Waals surface area (Å²) >= 11 is 0. The fourth-order valence-electron chi connectivity index (χ4n) is 0.243. The predicted molar refractivity (Wildman–Crippen MR) is 33.6 cm³/mol. The second kappa shape index (κ2) is 3.12. The van der Waals surface area contributed by atoms with Crippen LogP contribution in [-0.4, -0.2) is 5.71 Å². The van der Waals surface area contributed by atoms with Gasteiger partial charge in [0.25, 0.3) is 0 Å². The highest BCUT2D eigenvalue weighted by Gasteiger charge is 1.94. The average Bonchev–Trinajstić information content (AvgIpc) is 1.63. The summed E-state index contributed by atoms with van der Waals surface area (Å²) in [7, 11) is 0. The largest absolute Gasteiger partial charge is 0.223 e. The predicted octanol–water partition coefficient (Wildman–Crippen LogP) is 2.37. The molecule has 0 fully saturated rings. The Bertz CT molecular complexity index is 170. The van der Waals surface area contributed by atoms with Gasteiger partial charge in [0.1, 0.15) is 5.83 Å². The van der Waals surface area contributed by atoms with Gasteiger partial charge in [-0.25, -0.2) is 9.38 Å². The molecule has 0 aromatic rings. The zero-order valence-electron chi connectivity index (χ0n) is 5.12. The summed E-state index contributed by atoms with van der Waals surface area (Å²) in [5.41, 5.74) is -0.0810. The fourth-order valence-corrected chi connectivity index (χ4v) is 0.243. The molecule has 0 aliphatic rings. The van der Waals surface area contributed by atoms with Gasteiger partial charge in [0, 0.05) is 0 Å². The third-order valence-corrected chi connectivity index (χ3v) is 0.682. The fraction of sp³-hybridized carbons (Fsp3) is 0.167. The summed E-state index contributed by atoms with van der Waals surface area (Å²) in [6, 6.07) is 0. The molecule has 0 saturated heterocycles. The lowest BCUT2D eigenvalue weighted by Gasteiger charge is -1.89. The highest BCUT2D eigenvalue weighted by molar-refractivity contribution is 5.96. The Morgan fingerprint density at radius 2 is 1.78 bits per heavy atom. The van der Waals surface area contributed by atoms with Crippen molar-refractivity contribution in [2.45, 2.75) is 6.92 Å². The van der Waals surface area contributed by atoms with Crippen LogP contribution in [0.4, 0.5) is 8.78 Å². The first kappa shape index (κ1) is 8.01. The van der Waals surface area contributed by atoms with Crippen molar-refractivity contribution in [3.05, 3.63) is 24.9 Å². The second-order valence-electron chi connectivity index (χ2n) is 1.48. The third-order valence-electron chi connectivity index (χ3n) is 0.682. The van der Waals surface area contributed by atoms with Crippen molar-refractivity contribution in [2.75, 3.05) is 0 Å². The highest BCUT2D eigenvalue weighted by atomic mass is 19.1. The molecule has 0 bridgehead atoms. The maximum Gasteiger partial charge on any atom is 0.205 e. The van der Waals surface area contributed by atoms with Crippen LogP contribution in [0.3, 0.4) is 0 Å². The molecule has 0 unspecified atom stereocenters. The molecule has 0 radical (unpaired) electrons. The molecular weight excluding hydrogens is 124 g/mol. The third kappa shape index (κ3) is 3.58. The van der Waals surface area contributed by atoms with Gasteiger partial charge in [-0.1, -0.05) is 6.58 Å². The van der Waals surface area contributed by atoms with Crippen molar-refractivity contribution in [1.82, 2.24) is 0 Å². The summed E-state index contributed by atoms with van der Waals surface area (Å²) < 4.78 is 23.6. The van der Waals surface area contributed by atoms with Crippen LogP contribution in [0.5, 0.6) is 0 Å². The minimum Gasteiger partial charge on any atom is -0.223 e. The number of halogens is 2. The highest BCUT2D eigenvalue weighted by Crippen LogP contribution is 2.00. The van der Waals surface area contributed by atoms with Gasteiger partial charge in [0.05, 0.1) is 5.71 Å². The molecule has 0 N–H and O–H groups in total. The Morgan fingerprint density at radius 1 is 1.33 bits per heavy atom. The lowest BCUT2D eigenvalue weighted by atomic mass is 10.4. The number of aliphatic imine (C=N–C) groups is 1. The molecule has 0 atom stereocenters. The smallest absolute Gasteiger partial charge is 0.205 e. The average molecular weight is 131 g/mol. The topological polar surface area (TPSA) is 12.4 Å². The van der Waals surface area contributed by atoms with Crippen LogP contribution in [0.15, 0.2) is 29.9 Å². The molecule has 0 saturated carbocycles. The number of allylic oxidation sites excluding steroid dienone is 1. The Kier molecular flexibility index (Phi) is 2.78. The molecule has 0 aliphatic carbocycles. The van der Waals surface area contributed by atoms with Gasteiger partial charge in [-0.05, 0) is 13.5 Å². The Morgan fingerprint density at radius 3 is 1.89 bits per heavy atom. The van der Waals surface area contributed by atoms with Gasteiger partial charge in [0.15, 0.2) is 0 Å². The quantitative estimate of drug-likeness (QED) is 0.403. The van der Waals surface area contributed by atoms with Crippen molar-refractivity contribution >= 4 is 5.71 Å². The van der Waals surface area contributed by atoms with Gasteiger partial charge in [-0.15, -0.1) is 0 Å². The maximum atomic E-state index is 11.9. The van der Waals surface area contributed by atoms with Crippen LogP contribution in [0, 0.1) is 0 Å². The van der Waals surface area contributed by atoms with E-state index in [1.807, 2.05) is 0 Å². The van der Waals surface area contributed by atoms with Crippen LogP contribution < -0.4 is 0 Å². The van der Waals surface area contributed by atoms with Crippen LogP contribution in [0.2, 0.25) is 0 Å². The molecule has 0 amide bonds. The van der Waals surface area contributed by atoms with Gasteiger partial charge >= 0.3 is 0 Å². The molecule has 1 nitrogen and oxygen atoms in total. The van der Waals surface area contributed by atoms with E-state index in [4.69, 9.17) is 0 Å². The number of rotatable bonds is 2. The van der Waals surface area contributed by atoms with Gasteiger partial charge in [-0.3, -0.25) is 0 Å². The van der Waals surface area contributed by atoms with Crippen LogP contribution in [0.25, 0.3) is 0 Å². The minimum absolute atomic E-state index is 0.0810. The molecule has 3 heteroatoms. The van der Waals surface area contributed by atoms with Crippen LogP contribution in [-0.2, 0) is 0 Å². The summed E-state index contributed by atoms with van der Waals surface area (Å²) in [5.74, 6) is -1.65. The van der Waals surface area contributed by atoms with E-state index in [1.54, 1.807) is 0 Å². The van der Waals surface area contributed by atoms with E-state index < -0.39 is 11.8 Å². The summed E-state index contributed by atoms with van der Waals surface area (Å²) in [5, 5.41) is 0. The van der Waals surface area contributed by atoms with E-state index in [1.165, 1.54) is 6.92 Å². The Balaban J connectivity index is 4.17. The van der Waals surface area contributed by atoms with Crippen molar-refractivity contribution < 1.29 is 8.78 Å². The molecule has 0 spiro atoms. The molecular formula is C6H7F2N. The zero-order chi connectivity index (χ0) is 7.44. The normalized spacial score (nSPS) is 11.2. The first-order valence-corrected chi connectivity index (χ1v) is 2.28. The number of nitrogens with zero attached hydrogens (tertiary/aromatic N) is 1. The standard InChI is InChI=1S/C6H7F2N/c1-4(7)5(2)9-6(3)8/h1,3H2,2H3/b9-5-. The first-order valence-electron chi connectivity index (χ1n) is 2.28. The second-order valence-corrected chi connectivity index (χ2v) is 1.48. The van der Waals surface area contributed by atoms with E-state index in [9.17, 15) is 8.78 Å². The van der Waals surface area contributed by atoms with Gasteiger partial charge < -0.3 is 0 Å². The van der Waals surface area contributed by atoms with Crippen molar-refractivity contribution in [2.24, 2.45) is 4.99 Å². The number of hydrogen-bond acceptors (Lipinski definition) is 1. The van der Waals surface area contributed by atoms with Gasteiger partial charge in [0.2, 0.25) is 5.95 Å². The Labute approximate surface area is 52.4 Å². The summed E-state index contributed by atoms with van der Waals surface area (Å²) in [6.45, 7) is 7.03. The van der Waals surface area contributed by atoms with Gasteiger partial charge in [-0.2, -0.15) is 4.39 Å². The molecule has 0 aromatic carbocycles. The lowest BCUT2D eigenvalue weighted by molar-refractivity contribution is 0.628. The molecule has 0 aliphatic heterocycles. The lowest BCUT2D eigenvalue weighted by Crippen LogP contribution is -1.88. The first-order chi connectivity index (χ1) is 4.04. The monoisotopic (exact) mass is 131 g/mol. The zero-order valence-corrected chi connectivity index (χ0v) is 5.12. The molecule has 9 heavy (non-hydrogen) atoms. The van der Waals surface area contributed by atoms with Crippen molar-refractivity contribution in [3.63, 3.8) is 0 Å². The van der Waals surface area contributed by atoms with E-state index in [-0.39, 0.29) is 5.71 Å². The molecule has 0 aromatic heterocycles. The molecule has 0 rings (SSSR count). The van der Waals surface area contributed by atoms with Crippen LogP contribution in [0.1, 0.15) is 6.92 Å². The minimum atomic E-state index is -0.911. The maximum absolute atomic E-state index is 11.9. The molecule has 50 valence electrons. The van der Waals surface area contributed by atoms with E-state index in [0.29, 0.717) is 0 Å². The Hall–Kier alpha value is -0.990. The van der Waals surface area contributed by atoms with Crippen molar-refractivity contribution in [1.29, 1.82) is 0 Å². The summed E-state index contributed by atoms with van der Waals surface area (Å²) in [4.78, 5) is 3.06. The van der Waals surface area contributed by atoms with Crippen molar-refractivity contribution in [3.8, 4) is 0 Å². The summed E-state index contributed by atoms with van der Waals surface area (Å²) in [6.07, 6.45) is 0. The molecule has 0 heterocycles. The van der Waals surface area contributed by atoms with E-state index in [0.717, 1.165) is 0 Å².